The van der Waals surface area contributed by atoms with Gasteiger partial charge >= 0.3 is 17.8 Å². The maximum atomic E-state index is 12.4. The van der Waals surface area contributed by atoms with Crippen molar-refractivity contribution in [1.29, 1.82) is 0 Å². The van der Waals surface area contributed by atoms with Crippen LogP contribution in [0.1, 0.15) is 27.0 Å². The number of rotatable bonds is 6. The molecular formula is C25H22ClN3O5. The van der Waals surface area contributed by atoms with Crippen molar-refractivity contribution in [2.45, 2.75) is 13.8 Å². The fourth-order valence-corrected chi connectivity index (χ4v) is 3.19. The van der Waals surface area contributed by atoms with Crippen LogP contribution in [-0.2, 0) is 9.59 Å². The lowest BCUT2D eigenvalue weighted by molar-refractivity contribution is -0.136. The summed E-state index contributed by atoms with van der Waals surface area (Å²) in [5.74, 6) is -1.95. The van der Waals surface area contributed by atoms with E-state index in [2.05, 4.69) is 15.8 Å². The number of hydrogen-bond acceptors (Lipinski definition) is 6. The molecule has 0 saturated carbocycles. The zero-order chi connectivity index (χ0) is 24.7. The van der Waals surface area contributed by atoms with Crippen molar-refractivity contribution in [3.63, 3.8) is 0 Å². The Kier molecular flexibility index (Phi) is 8.00. The number of aryl methyl sites for hydroxylation is 2. The van der Waals surface area contributed by atoms with Crippen LogP contribution in [0.5, 0.6) is 11.5 Å². The van der Waals surface area contributed by atoms with Gasteiger partial charge in [0, 0.05) is 5.69 Å². The van der Waals surface area contributed by atoms with E-state index < -0.39 is 17.8 Å². The van der Waals surface area contributed by atoms with Gasteiger partial charge in [-0.3, -0.25) is 9.59 Å². The van der Waals surface area contributed by atoms with Crippen LogP contribution in [0, 0.1) is 13.8 Å². The fourth-order valence-electron chi connectivity index (χ4n) is 2.98. The Morgan fingerprint density at radius 3 is 2.41 bits per heavy atom. The molecule has 2 amide bonds. The lowest BCUT2D eigenvalue weighted by Gasteiger charge is -2.10. The number of benzene rings is 3. The summed E-state index contributed by atoms with van der Waals surface area (Å²) in [7, 11) is 1.42. The number of anilines is 1. The van der Waals surface area contributed by atoms with Gasteiger partial charge < -0.3 is 14.8 Å². The quantitative estimate of drug-likeness (QED) is 0.180. The molecule has 0 saturated heterocycles. The van der Waals surface area contributed by atoms with Crippen molar-refractivity contribution < 1.29 is 23.9 Å². The number of nitrogens with one attached hydrogen (secondary N) is 2. The minimum absolute atomic E-state index is 0.182. The predicted octanol–water partition coefficient (Wildman–Crippen LogP) is 4.27. The maximum absolute atomic E-state index is 12.4. The molecule has 0 aliphatic heterocycles. The molecule has 0 unspecified atom stereocenters. The van der Waals surface area contributed by atoms with Crippen molar-refractivity contribution in [1.82, 2.24) is 5.43 Å². The van der Waals surface area contributed by atoms with Crippen molar-refractivity contribution in [2.24, 2.45) is 5.10 Å². The van der Waals surface area contributed by atoms with E-state index in [1.165, 1.54) is 19.4 Å². The average molecular weight is 480 g/mol. The Bertz CT molecular complexity index is 1270. The minimum atomic E-state index is -0.923. The Morgan fingerprint density at radius 1 is 0.941 bits per heavy atom. The molecule has 3 aromatic rings. The molecule has 3 rings (SSSR count). The van der Waals surface area contributed by atoms with Gasteiger partial charge in [0.2, 0.25) is 0 Å². The molecule has 0 bridgehead atoms. The molecule has 8 nitrogen and oxygen atoms in total. The van der Waals surface area contributed by atoms with Gasteiger partial charge in [0.15, 0.2) is 11.5 Å². The Balaban J connectivity index is 1.62. The van der Waals surface area contributed by atoms with E-state index in [9.17, 15) is 14.4 Å². The number of methoxy groups -OCH3 is 1. The van der Waals surface area contributed by atoms with Crippen molar-refractivity contribution in [2.75, 3.05) is 12.4 Å². The number of amides is 2. The summed E-state index contributed by atoms with van der Waals surface area (Å²) in [4.78, 5) is 36.5. The van der Waals surface area contributed by atoms with Gasteiger partial charge in [0.25, 0.3) is 0 Å². The lowest BCUT2D eigenvalue weighted by atomic mass is 10.1. The molecule has 3 aromatic carbocycles. The van der Waals surface area contributed by atoms with Gasteiger partial charge in [-0.2, -0.15) is 5.10 Å². The molecule has 174 valence electrons. The highest BCUT2D eigenvalue weighted by molar-refractivity contribution is 6.39. The van der Waals surface area contributed by atoms with Crippen LogP contribution in [-0.4, -0.2) is 31.1 Å². The summed E-state index contributed by atoms with van der Waals surface area (Å²) in [5.41, 5.74) is 5.35. The highest BCUT2D eigenvalue weighted by atomic mass is 35.5. The van der Waals surface area contributed by atoms with Crippen molar-refractivity contribution in [3.05, 3.63) is 87.9 Å². The van der Waals surface area contributed by atoms with Gasteiger partial charge in [0.1, 0.15) is 0 Å². The molecule has 9 heteroatoms. The second-order valence-electron chi connectivity index (χ2n) is 7.25. The molecule has 0 atom stereocenters. The summed E-state index contributed by atoms with van der Waals surface area (Å²) < 4.78 is 10.7. The average Bonchev–Trinajstić information content (AvgIpc) is 2.81. The van der Waals surface area contributed by atoms with E-state index >= 15 is 0 Å². The number of ether oxygens (including phenoxy) is 2. The molecule has 0 heterocycles. The van der Waals surface area contributed by atoms with Gasteiger partial charge in [-0.05, 0) is 61.4 Å². The van der Waals surface area contributed by atoms with Crippen LogP contribution in [0.3, 0.4) is 0 Å². The highest BCUT2D eigenvalue weighted by Crippen LogP contribution is 2.29. The van der Waals surface area contributed by atoms with Crippen molar-refractivity contribution >= 4 is 41.3 Å². The highest BCUT2D eigenvalue weighted by Gasteiger charge is 2.16. The first-order valence-corrected chi connectivity index (χ1v) is 10.5. The molecule has 0 spiro atoms. The van der Waals surface area contributed by atoms with Gasteiger partial charge in [-0.25, -0.2) is 10.2 Å². The Hall–Kier alpha value is -4.17. The predicted molar refractivity (Wildman–Crippen MR) is 130 cm³/mol. The second kappa shape index (κ2) is 11.1. The monoisotopic (exact) mass is 479 g/mol. The number of hydrazone groups is 1. The third-order valence-electron chi connectivity index (χ3n) is 4.70. The molecule has 34 heavy (non-hydrogen) atoms. The first-order valence-electron chi connectivity index (χ1n) is 10.1. The molecular weight excluding hydrogens is 458 g/mol. The van der Waals surface area contributed by atoms with Crippen molar-refractivity contribution in [3.8, 4) is 11.5 Å². The largest absolute Gasteiger partial charge is 0.493 e. The Morgan fingerprint density at radius 2 is 1.71 bits per heavy atom. The minimum Gasteiger partial charge on any atom is -0.493 e. The number of hydrogen-bond donors (Lipinski definition) is 2. The van der Waals surface area contributed by atoms with Crippen LogP contribution in [0.2, 0.25) is 5.02 Å². The second-order valence-corrected chi connectivity index (χ2v) is 7.66. The smallest absolute Gasteiger partial charge is 0.345 e. The number of nitrogens with zero attached hydrogens (tertiary/aromatic N) is 1. The van der Waals surface area contributed by atoms with E-state index in [4.69, 9.17) is 21.1 Å². The summed E-state index contributed by atoms with van der Waals surface area (Å²) in [5, 5.41) is 6.62. The number of carbonyl (C=O) groups excluding carboxylic acids is 3. The normalized spacial score (nSPS) is 10.6. The van der Waals surface area contributed by atoms with E-state index in [0.717, 1.165) is 11.1 Å². The third-order valence-corrected chi connectivity index (χ3v) is 5.03. The van der Waals surface area contributed by atoms with E-state index in [0.29, 0.717) is 11.3 Å². The molecule has 0 fully saturated rings. The van der Waals surface area contributed by atoms with Gasteiger partial charge in [0.05, 0.1) is 23.9 Å². The summed E-state index contributed by atoms with van der Waals surface area (Å²) in [6, 6.07) is 16.7. The molecule has 0 aliphatic carbocycles. The van der Waals surface area contributed by atoms with E-state index in [1.807, 2.05) is 26.0 Å². The SMILES string of the molecule is COc1cc(/C=N/NC(=O)C(=O)Nc2ccc(C)cc2C)ccc1OC(=O)c1ccccc1Cl. The summed E-state index contributed by atoms with van der Waals surface area (Å²) in [6.45, 7) is 3.77. The zero-order valence-corrected chi connectivity index (χ0v) is 19.5. The van der Waals surface area contributed by atoms with Crippen LogP contribution in [0.15, 0.2) is 65.8 Å². The zero-order valence-electron chi connectivity index (χ0n) is 18.7. The standard InChI is InChI=1S/C25H22ClN3O5/c1-15-8-10-20(16(2)12-15)28-23(30)24(31)29-27-14-17-9-11-21(22(13-17)33-3)34-25(32)18-6-4-5-7-19(18)26/h4-14H,1-3H3,(H,28,30)(H,29,31)/b27-14+. The van der Waals surface area contributed by atoms with Crippen LogP contribution < -0.4 is 20.2 Å². The van der Waals surface area contributed by atoms with Crippen LogP contribution >= 0.6 is 11.6 Å². The molecule has 0 radical (unpaired) electrons. The lowest BCUT2D eigenvalue weighted by Crippen LogP contribution is -2.32. The maximum Gasteiger partial charge on any atom is 0.345 e. The first-order chi connectivity index (χ1) is 16.3. The topological polar surface area (TPSA) is 106 Å². The van der Waals surface area contributed by atoms with Gasteiger partial charge in [-0.15, -0.1) is 0 Å². The van der Waals surface area contributed by atoms with Crippen LogP contribution in [0.25, 0.3) is 0 Å². The molecule has 2 N–H and O–H groups in total. The fraction of sp³-hybridized carbons (Fsp3) is 0.120. The number of halogens is 1. The van der Waals surface area contributed by atoms with Crippen LogP contribution in [0.4, 0.5) is 5.69 Å². The summed E-state index contributed by atoms with van der Waals surface area (Å²) >= 11 is 6.04. The molecule has 0 aromatic heterocycles. The number of carbonyl (C=O) groups is 3. The number of esters is 1. The molecule has 0 aliphatic rings. The first kappa shape index (κ1) is 24.5. The third kappa shape index (κ3) is 6.20. The Labute approximate surface area is 201 Å². The van der Waals surface area contributed by atoms with E-state index in [-0.39, 0.29) is 22.1 Å². The summed E-state index contributed by atoms with van der Waals surface area (Å²) in [6.07, 6.45) is 1.32. The van der Waals surface area contributed by atoms with E-state index in [1.54, 1.807) is 42.5 Å². The van der Waals surface area contributed by atoms with Gasteiger partial charge in [-0.1, -0.05) is 41.4 Å².